The lowest BCUT2D eigenvalue weighted by atomic mass is 9.82. The number of carbonyl (C=O) groups is 2. The molecule has 0 aliphatic carbocycles. The Kier molecular flexibility index (Phi) is 5.31. The topological polar surface area (TPSA) is 55.8 Å². The van der Waals surface area contributed by atoms with Crippen LogP contribution in [0.25, 0.3) is 0 Å². The third-order valence-corrected chi connectivity index (χ3v) is 6.49. The fourth-order valence-corrected chi connectivity index (χ4v) is 4.42. The number of hydrogen-bond acceptors (Lipinski definition) is 4. The molecular weight excluding hydrogens is 378 g/mol. The van der Waals surface area contributed by atoms with E-state index in [0.717, 1.165) is 28.0 Å². The normalized spacial score (nSPS) is 17.5. The van der Waals surface area contributed by atoms with Gasteiger partial charge in [0, 0.05) is 25.9 Å². The summed E-state index contributed by atoms with van der Waals surface area (Å²) >= 11 is 0. The molecule has 0 radical (unpaired) electrons. The maximum Gasteiger partial charge on any atom is 0.260 e. The van der Waals surface area contributed by atoms with Crippen LogP contribution in [0.5, 0.6) is 11.5 Å². The van der Waals surface area contributed by atoms with Crippen molar-refractivity contribution < 1.29 is 19.1 Å². The van der Waals surface area contributed by atoms with Crippen LogP contribution < -0.4 is 9.47 Å². The molecule has 2 heterocycles. The molecule has 5 heteroatoms. The molecule has 0 N–H and O–H groups in total. The van der Waals surface area contributed by atoms with Gasteiger partial charge in [0.1, 0.15) is 17.1 Å². The largest absolute Gasteiger partial charge is 0.486 e. The molecule has 0 atom stereocenters. The van der Waals surface area contributed by atoms with Crippen molar-refractivity contribution in [1.29, 1.82) is 0 Å². The summed E-state index contributed by atoms with van der Waals surface area (Å²) in [7, 11) is 0. The van der Waals surface area contributed by atoms with E-state index in [-0.39, 0.29) is 18.3 Å². The van der Waals surface area contributed by atoms with E-state index >= 15 is 0 Å². The minimum Gasteiger partial charge on any atom is -0.486 e. The maximum atomic E-state index is 12.7. The Bertz CT molecular complexity index is 1000. The molecule has 2 aromatic rings. The van der Waals surface area contributed by atoms with E-state index in [2.05, 4.69) is 6.07 Å². The van der Waals surface area contributed by atoms with Crippen molar-refractivity contribution in [2.24, 2.45) is 0 Å². The molecule has 1 saturated heterocycles. The number of aryl methyl sites for hydroxylation is 3. The number of carbonyl (C=O) groups excluding carboxylic acids is 2. The number of ketones is 1. The highest BCUT2D eigenvalue weighted by Crippen LogP contribution is 2.39. The average Bonchev–Trinajstić information content (AvgIpc) is 2.72. The van der Waals surface area contributed by atoms with Gasteiger partial charge in [0.05, 0.1) is 12.0 Å². The van der Waals surface area contributed by atoms with E-state index in [1.807, 2.05) is 56.9 Å². The number of benzene rings is 2. The fourth-order valence-electron chi connectivity index (χ4n) is 4.42. The lowest BCUT2D eigenvalue weighted by molar-refractivity contribution is -0.136. The standard InChI is InChI=1S/C25H29NO4/c1-16-5-8-22-20(13-16)21(27)14-25(30-22)9-11-26(12-10-25)23(28)15-29-24-18(3)7-6-17(2)19(24)4/h5-8,13H,9-12,14-15H2,1-4H3. The molecule has 5 nitrogen and oxygen atoms in total. The zero-order valence-electron chi connectivity index (χ0n) is 18.2. The summed E-state index contributed by atoms with van der Waals surface area (Å²) in [6.07, 6.45) is 1.68. The second-order valence-corrected chi connectivity index (χ2v) is 8.71. The van der Waals surface area contributed by atoms with Crippen LogP contribution in [0.3, 0.4) is 0 Å². The number of piperidine rings is 1. The Morgan fingerprint density at radius 2 is 1.77 bits per heavy atom. The third kappa shape index (κ3) is 3.81. The number of nitrogens with zero attached hydrogens (tertiary/aromatic N) is 1. The SMILES string of the molecule is Cc1ccc2c(c1)C(=O)CC1(CCN(C(=O)COc3c(C)ccc(C)c3C)CC1)O2. The smallest absolute Gasteiger partial charge is 0.260 e. The van der Waals surface area contributed by atoms with E-state index < -0.39 is 5.60 Å². The van der Waals surface area contributed by atoms with Gasteiger partial charge in [-0.3, -0.25) is 9.59 Å². The van der Waals surface area contributed by atoms with Crippen LogP contribution in [0.4, 0.5) is 0 Å². The molecule has 1 spiro atoms. The summed E-state index contributed by atoms with van der Waals surface area (Å²) in [5, 5.41) is 0. The minimum absolute atomic E-state index is 0.0247. The Balaban J connectivity index is 1.38. The number of Topliss-reactive ketones (excluding diaryl/α,β-unsaturated/α-hetero) is 1. The van der Waals surface area contributed by atoms with Gasteiger partial charge in [-0.15, -0.1) is 0 Å². The molecule has 158 valence electrons. The number of fused-ring (bicyclic) bond motifs is 1. The van der Waals surface area contributed by atoms with Crippen molar-refractivity contribution in [2.45, 2.75) is 52.6 Å². The van der Waals surface area contributed by atoms with Gasteiger partial charge in [-0.2, -0.15) is 0 Å². The maximum absolute atomic E-state index is 12.7. The van der Waals surface area contributed by atoms with Gasteiger partial charge in [0.25, 0.3) is 5.91 Å². The quantitative estimate of drug-likeness (QED) is 0.760. The number of rotatable bonds is 3. The van der Waals surface area contributed by atoms with Gasteiger partial charge in [-0.25, -0.2) is 0 Å². The van der Waals surface area contributed by atoms with Crippen molar-refractivity contribution in [3.63, 3.8) is 0 Å². The highest BCUT2D eigenvalue weighted by molar-refractivity contribution is 6.00. The fraction of sp³-hybridized carbons (Fsp3) is 0.440. The molecule has 2 aromatic carbocycles. The summed E-state index contributed by atoms with van der Waals surface area (Å²) in [5.41, 5.74) is 4.49. The summed E-state index contributed by atoms with van der Waals surface area (Å²) in [6.45, 7) is 9.20. The first kappa shape index (κ1) is 20.5. The first-order chi connectivity index (χ1) is 14.3. The molecule has 2 aliphatic heterocycles. The summed E-state index contributed by atoms with van der Waals surface area (Å²) < 4.78 is 12.2. The van der Waals surface area contributed by atoms with Gasteiger partial charge in [-0.05, 0) is 56.5 Å². The first-order valence-corrected chi connectivity index (χ1v) is 10.6. The van der Waals surface area contributed by atoms with E-state index in [9.17, 15) is 9.59 Å². The van der Waals surface area contributed by atoms with Crippen LogP contribution in [-0.2, 0) is 4.79 Å². The molecule has 2 aliphatic rings. The average molecular weight is 408 g/mol. The first-order valence-electron chi connectivity index (χ1n) is 10.6. The van der Waals surface area contributed by atoms with Crippen molar-refractivity contribution in [2.75, 3.05) is 19.7 Å². The van der Waals surface area contributed by atoms with Crippen molar-refractivity contribution in [1.82, 2.24) is 4.90 Å². The van der Waals surface area contributed by atoms with Crippen molar-refractivity contribution >= 4 is 11.7 Å². The predicted molar refractivity (Wildman–Crippen MR) is 115 cm³/mol. The van der Waals surface area contributed by atoms with E-state index in [1.54, 1.807) is 0 Å². The second-order valence-electron chi connectivity index (χ2n) is 8.71. The Labute approximate surface area is 178 Å². The zero-order valence-corrected chi connectivity index (χ0v) is 18.2. The second kappa shape index (κ2) is 7.78. The molecule has 30 heavy (non-hydrogen) atoms. The number of amides is 1. The van der Waals surface area contributed by atoms with Gasteiger partial charge in [-0.1, -0.05) is 23.8 Å². The van der Waals surface area contributed by atoms with Gasteiger partial charge in [0.2, 0.25) is 0 Å². The van der Waals surface area contributed by atoms with Gasteiger partial charge < -0.3 is 14.4 Å². The van der Waals surface area contributed by atoms with Crippen LogP contribution in [-0.4, -0.2) is 41.9 Å². The van der Waals surface area contributed by atoms with Crippen LogP contribution in [0.15, 0.2) is 30.3 Å². The van der Waals surface area contributed by atoms with Gasteiger partial charge in [0.15, 0.2) is 12.4 Å². The van der Waals surface area contributed by atoms with E-state index in [4.69, 9.17) is 9.47 Å². The van der Waals surface area contributed by atoms with Crippen molar-refractivity contribution in [3.05, 3.63) is 58.1 Å². The van der Waals surface area contributed by atoms with Crippen LogP contribution in [0.1, 0.15) is 51.9 Å². The Hall–Kier alpha value is -2.82. The summed E-state index contributed by atoms with van der Waals surface area (Å²) in [4.78, 5) is 27.3. The number of hydrogen-bond donors (Lipinski definition) is 0. The molecule has 1 amide bonds. The third-order valence-electron chi connectivity index (χ3n) is 6.49. The summed E-state index contributed by atoms with van der Waals surface area (Å²) in [6, 6.07) is 9.84. The highest BCUT2D eigenvalue weighted by atomic mass is 16.5. The molecule has 0 bridgehead atoms. The van der Waals surface area contributed by atoms with Crippen LogP contribution in [0.2, 0.25) is 0 Å². The van der Waals surface area contributed by atoms with Crippen molar-refractivity contribution in [3.8, 4) is 11.5 Å². The van der Waals surface area contributed by atoms with Gasteiger partial charge >= 0.3 is 0 Å². The monoisotopic (exact) mass is 407 g/mol. The van der Waals surface area contributed by atoms with E-state index in [0.29, 0.717) is 43.7 Å². The molecule has 4 rings (SSSR count). The molecule has 0 saturated carbocycles. The predicted octanol–water partition coefficient (Wildman–Crippen LogP) is 4.33. The van der Waals surface area contributed by atoms with E-state index in [1.165, 1.54) is 0 Å². The Morgan fingerprint density at radius 1 is 1.07 bits per heavy atom. The number of ether oxygens (including phenoxy) is 2. The Morgan fingerprint density at radius 3 is 2.50 bits per heavy atom. The lowest BCUT2D eigenvalue weighted by Crippen LogP contribution is -2.53. The highest BCUT2D eigenvalue weighted by Gasteiger charge is 2.43. The minimum atomic E-state index is -0.499. The number of likely N-dealkylation sites (tertiary alicyclic amines) is 1. The lowest BCUT2D eigenvalue weighted by Gasteiger charge is -2.44. The van der Waals surface area contributed by atoms with Crippen LogP contribution in [0, 0.1) is 27.7 Å². The van der Waals surface area contributed by atoms with Crippen LogP contribution >= 0.6 is 0 Å². The molecular formula is C25H29NO4. The zero-order chi connectivity index (χ0) is 21.5. The summed E-state index contributed by atoms with van der Waals surface area (Å²) in [5.74, 6) is 1.58. The molecule has 0 unspecified atom stereocenters. The molecule has 0 aromatic heterocycles. The molecule has 1 fully saturated rings.